The molecule has 0 unspecified atom stereocenters. The van der Waals surface area contributed by atoms with Crippen LogP contribution in [-0.4, -0.2) is 62.0 Å². The number of likely N-dealkylation sites (N-methyl/N-ethyl adjacent to an activating group) is 1. The maximum Gasteiger partial charge on any atom is 0.287 e. The summed E-state index contributed by atoms with van der Waals surface area (Å²) < 4.78 is 5.04. The van der Waals surface area contributed by atoms with Gasteiger partial charge in [0.1, 0.15) is 0 Å². The van der Waals surface area contributed by atoms with Gasteiger partial charge < -0.3 is 19.5 Å². The highest BCUT2D eigenvalue weighted by atomic mass is 35.5. The van der Waals surface area contributed by atoms with E-state index >= 15 is 0 Å². The summed E-state index contributed by atoms with van der Waals surface area (Å²) in [5.74, 6) is 0.0647. The zero-order chi connectivity index (χ0) is 13.7. The van der Waals surface area contributed by atoms with Gasteiger partial charge in [-0.05, 0) is 43.7 Å². The molecule has 1 aromatic heterocycles. The monoisotopic (exact) mass is 285 g/mol. The first-order valence-electron chi connectivity index (χ1n) is 6.59. The van der Waals surface area contributed by atoms with Gasteiger partial charge >= 0.3 is 0 Å². The third-order valence-corrected chi connectivity index (χ3v) is 3.53. The molecule has 19 heavy (non-hydrogen) atoms. The SMILES string of the molecule is CN1CCN(CCCNC(=O)c2ccc(Cl)o2)CC1. The van der Waals surface area contributed by atoms with Crippen molar-refractivity contribution in [3.63, 3.8) is 0 Å². The van der Waals surface area contributed by atoms with E-state index in [-0.39, 0.29) is 16.9 Å². The average molecular weight is 286 g/mol. The average Bonchev–Trinajstić information content (AvgIpc) is 2.83. The van der Waals surface area contributed by atoms with Crippen molar-refractivity contribution >= 4 is 17.5 Å². The Labute approximate surface area is 118 Å². The number of hydrogen-bond acceptors (Lipinski definition) is 4. The highest BCUT2D eigenvalue weighted by molar-refractivity contribution is 6.29. The molecule has 0 radical (unpaired) electrons. The minimum Gasteiger partial charge on any atom is -0.440 e. The van der Waals surface area contributed by atoms with E-state index < -0.39 is 0 Å². The Balaban J connectivity index is 1.60. The van der Waals surface area contributed by atoms with Crippen molar-refractivity contribution in [2.45, 2.75) is 6.42 Å². The van der Waals surface area contributed by atoms with Gasteiger partial charge in [0.05, 0.1) is 0 Å². The van der Waals surface area contributed by atoms with Crippen LogP contribution < -0.4 is 5.32 Å². The van der Waals surface area contributed by atoms with Crippen molar-refractivity contribution < 1.29 is 9.21 Å². The minimum absolute atomic E-state index is 0.203. The fourth-order valence-electron chi connectivity index (χ4n) is 2.10. The number of amides is 1. The molecule has 0 spiro atoms. The maximum atomic E-state index is 11.7. The number of nitrogens with zero attached hydrogens (tertiary/aromatic N) is 2. The fraction of sp³-hybridized carbons (Fsp3) is 0.615. The van der Waals surface area contributed by atoms with E-state index in [0.717, 1.165) is 39.1 Å². The standard InChI is InChI=1S/C13H20ClN3O2/c1-16-7-9-17(10-8-16)6-2-5-15-13(18)11-3-4-12(14)19-11/h3-4H,2,5-10H2,1H3,(H,15,18). The van der Waals surface area contributed by atoms with Crippen molar-refractivity contribution in [1.29, 1.82) is 0 Å². The summed E-state index contributed by atoms with van der Waals surface area (Å²) in [5, 5.41) is 3.07. The van der Waals surface area contributed by atoms with E-state index in [2.05, 4.69) is 22.2 Å². The lowest BCUT2D eigenvalue weighted by atomic mass is 10.3. The Hall–Kier alpha value is -1.04. The number of nitrogens with one attached hydrogen (secondary N) is 1. The predicted octanol–water partition coefficient (Wildman–Crippen LogP) is 1.30. The largest absolute Gasteiger partial charge is 0.440 e. The van der Waals surface area contributed by atoms with Crippen LogP contribution in [-0.2, 0) is 0 Å². The van der Waals surface area contributed by atoms with Crippen molar-refractivity contribution in [3.05, 3.63) is 23.1 Å². The third-order valence-electron chi connectivity index (χ3n) is 3.33. The molecule has 1 aliphatic heterocycles. The predicted molar refractivity (Wildman–Crippen MR) is 74.6 cm³/mol. The molecule has 2 heterocycles. The second kappa shape index (κ2) is 6.93. The van der Waals surface area contributed by atoms with E-state index in [1.54, 1.807) is 12.1 Å². The summed E-state index contributed by atoms with van der Waals surface area (Å²) >= 11 is 5.62. The summed E-state index contributed by atoms with van der Waals surface area (Å²) in [4.78, 5) is 16.4. The van der Waals surface area contributed by atoms with Crippen LogP contribution >= 0.6 is 11.6 Å². The number of hydrogen-bond donors (Lipinski definition) is 1. The normalized spacial score (nSPS) is 17.6. The second-order valence-corrected chi connectivity index (χ2v) is 5.23. The van der Waals surface area contributed by atoms with Crippen LogP contribution in [0.3, 0.4) is 0 Å². The Morgan fingerprint density at radius 3 is 2.74 bits per heavy atom. The van der Waals surface area contributed by atoms with Crippen LogP contribution in [0.4, 0.5) is 0 Å². The Kier molecular flexibility index (Phi) is 5.24. The lowest BCUT2D eigenvalue weighted by molar-refractivity contribution is 0.0922. The van der Waals surface area contributed by atoms with E-state index in [4.69, 9.17) is 16.0 Å². The zero-order valence-electron chi connectivity index (χ0n) is 11.2. The van der Waals surface area contributed by atoms with Crippen LogP contribution in [0.25, 0.3) is 0 Å². The molecule has 0 atom stereocenters. The van der Waals surface area contributed by atoms with Crippen molar-refractivity contribution in [2.24, 2.45) is 0 Å². The van der Waals surface area contributed by atoms with E-state index in [1.807, 2.05) is 0 Å². The van der Waals surface area contributed by atoms with Gasteiger partial charge in [-0.15, -0.1) is 0 Å². The number of furan rings is 1. The van der Waals surface area contributed by atoms with Gasteiger partial charge in [-0.3, -0.25) is 4.79 Å². The molecule has 1 amide bonds. The van der Waals surface area contributed by atoms with Gasteiger partial charge in [-0.1, -0.05) is 0 Å². The van der Waals surface area contributed by atoms with E-state index in [1.165, 1.54) is 0 Å². The summed E-state index contributed by atoms with van der Waals surface area (Å²) in [5.41, 5.74) is 0. The van der Waals surface area contributed by atoms with E-state index in [9.17, 15) is 4.79 Å². The molecular formula is C13H20ClN3O2. The molecule has 0 bridgehead atoms. The van der Waals surface area contributed by atoms with Gasteiger partial charge in [0.25, 0.3) is 5.91 Å². The molecular weight excluding hydrogens is 266 g/mol. The van der Waals surface area contributed by atoms with Crippen LogP contribution in [0.5, 0.6) is 0 Å². The molecule has 1 N–H and O–H groups in total. The topological polar surface area (TPSA) is 48.7 Å². The van der Waals surface area contributed by atoms with Crippen LogP contribution in [0.2, 0.25) is 5.22 Å². The fourth-order valence-corrected chi connectivity index (χ4v) is 2.25. The first-order valence-corrected chi connectivity index (χ1v) is 6.97. The quantitative estimate of drug-likeness (QED) is 0.829. The number of carbonyl (C=O) groups excluding carboxylic acids is 1. The van der Waals surface area contributed by atoms with Gasteiger partial charge in [0.2, 0.25) is 0 Å². The number of halogens is 1. The first kappa shape index (κ1) is 14.4. The van der Waals surface area contributed by atoms with Crippen LogP contribution in [0.1, 0.15) is 17.0 Å². The van der Waals surface area contributed by atoms with Crippen LogP contribution in [0, 0.1) is 0 Å². The number of rotatable bonds is 5. The molecule has 106 valence electrons. The molecule has 6 heteroatoms. The van der Waals surface area contributed by atoms with Gasteiger partial charge in [-0.2, -0.15) is 0 Å². The smallest absolute Gasteiger partial charge is 0.287 e. The molecule has 0 aliphatic carbocycles. The van der Waals surface area contributed by atoms with Gasteiger partial charge in [-0.25, -0.2) is 0 Å². The molecule has 2 rings (SSSR count). The molecule has 0 aromatic carbocycles. The molecule has 1 saturated heterocycles. The molecule has 1 aliphatic rings. The number of piperazine rings is 1. The first-order chi connectivity index (χ1) is 9.15. The van der Waals surface area contributed by atoms with Gasteiger partial charge in [0, 0.05) is 32.7 Å². The molecule has 1 fully saturated rings. The molecule has 5 nitrogen and oxygen atoms in total. The Bertz CT molecular complexity index is 414. The minimum atomic E-state index is -0.203. The summed E-state index contributed by atoms with van der Waals surface area (Å²) in [6.45, 7) is 6.14. The summed E-state index contributed by atoms with van der Waals surface area (Å²) in [6, 6.07) is 3.15. The summed E-state index contributed by atoms with van der Waals surface area (Å²) in [6.07, 6.45) is 0.948. The highest BCUT2D eigenvalue weighted by Crippen LogP contribution is 2.12. The van der Waals surface area contributed by atoms with Crippen molar-refractivity contribution in [3.8, 4) is 0 Å². The van der Waals surface area contributed by atoms with E-state index in [0.29, 0.717) is 6.54 Å². The van der Waals surface area contributed by atoms with Crippen molar-refractivity contribution in [1.82, 2.24) is 15.1 Å². The van der Waals surface area contributed by atoms with Crippen LogP contribution in [0.15, 0.2) is 16.5 Å². The zero-order valence-corrected chi connectivity index (χ0v) is 11.9. The lowest BCUT2D eigenvalue weighted by Gasteiger charge is -2.32. The third kappa shape index (κ3) is 4.53. The van der Waals surface area contributed by atoms with Crippen molar-refractivity contribution in [2.75, 3.05) is 46.3 Å². The Morgan fingerprint density at radius 2 is 2.11 bits per heavy atom. The Morgan fingerprint density at radius 1 is 1.37 bits per heavy atom. The molecule has 1 aromatic rings. The number of carbonyl (C=O) groups is 1. The molecule has 0 saturated carbocycles. The maximum absolute atomic E-state index is 11.7. The highest BCUT2D eigenvalue weighted by Gasteiger charge is 2.13. The van der Waals surface area contributed by atoms with Gasteiger partial charge in [0.15, 0.2) is 11.0 Å². The summed E-state index contributed by atoms with van der Waals surface area (Å²) in [7, 11) is 2.14. The second-order valence-electron chi connectivity index (χ2n) is 4.86. The lowest BCUT2D eigenvalue weighted by Crippen LogP contribution is -2.45.